The normalized spacial score (nSPS) is 16.3. The molecule has 5 heteroatoms. The Balaban J connectivity index is 0. The van der Waals surface area contributed by atoms with Crippen molar-refractivity contribution in [3.05, 3.63) is 0 Å². The Kier molecular flexibility index (Phi) is 7.12. The molecule has 0 aromatic carbocycles. The Morgan fingerprint density at radius 1 is 1.45 bits per heavy atom. The van der Waals surface area contributed by atoms with E-state index in [0.717, 1.165) is 0 Å². The van der Waals surface area contributed by atoms with Crippen molar-refractivity contribution in [1.29, 1.82) is 0 Å². The van der Waals surface area contributed by atoms with Crippen LogP contribution in [0.5, 0.6) is 0 Å². The molecule has 4 N–H and O–H groups in total. The van der Waals surface area contributed by atoms with E-state index in [2.05, 4.69) is 0 Å². The van der Waals surface area contributed by atoms with Crippen LogP contribution in [0.1, 0.15) is 27.7 Å². The molecule has 70 valence electrons. The molecule has 0 rings (SSSR count). The summed E-state index contributed by atoms with van der Waals surface area (Å²) >= 11 is 0. The van der Waals surface area contributed by atoms with Gasteiger partial charge in [0.15, 0.2) is 0 Å². The third kappa shape index (κ3) is 39.4. The molecule has 0 aliphatic rings. The van der Waals surface area contributed by atoms with Crippen molar-refractivity contribution in [2.45, 2.75) is 39.1 Å². The Morgan fingerprint density at radius 2 is 1.55 bits per heavy atom. The lowest BCUT2D eigenvalue weighted by Crippen LogP contribution is -2.26. The van der Waals surface area contributed by atoms with Crippen LogP contribution in [0.4, 0.5) is 0 Å². The molecule has 2 atom stereocenters. The molecule has 0 bridgehead atoms. The first-order chi connectivity index (χ1) is 4.64. The van der Waals surface area contributed by atoms with Gasteiger partial charge in [0.2, 0.25) is 8.03 Å². The zero-order chi connectivity index (χ0) is 9.65. The number of nitrogens with two attached hydrogens (primary N) is 1. The van der Waals surface area contributed by atoms with E-state index < -0.39 is 13.9 Å². The van der Waals surface area contributed by atoms with Crippen LogP contribution >= 0.6 is 8.03 Å². The molecule has 0 spiro atoms. The van der Waals surface area contributed by atoms with Gasteiger partial charge in [0.1, 0.15) is 5.85 Å². The van der Waals surface area contributed by atoms with Gasteiger partial charge in [0.05, 0.1) is 0 Å². The zero-order valence-electron chi connectivity index (χ0n) is 7.46. The molecule has 0 aromatic heterocycles. The molecule has 0 radical (unpaired) electrons. The van der Waals surface area contributed by atoms with Gasteiger partial charge in [0.25, 0.3) is 0 Å². The minimum Gasteiger partial charge on any atom is -0.384 e. The maximum absolute atomic E-state index is 9.63. The molecule has 2 unspecified atom stereocenters. The lowest BCUT2D eigenvalue weighted by molar-refractivity contribution is 0.257. The SMILES string of the molecule is CC(C)(C)N.CC(O)[PH](=O)O. The highest BCUT2D eigenvalue weighted by Crippen LogP contribution is 2.17. The van der Waals surface area contributed by atoms with Crippen molar-refractivity contribution in [2.75, 3.05) is 0 Å². The molecule has 4 nitrogen and oxygen atoms in total. The molecule has 0 fully saturated rings. The average molecular weight is 183 g/mol. The van der Waals surface area contributed by atoms with E-state index in [-0.39, 0.29) is 5.54 Å². The predicted molar refractivity (Wildman–Crippen MR) is 46.8 cm³/mol. The van der Waals surface area contributed by atoms with Gasteiger partial charge in [0, 0.05) is 5.54 Å². The topological polar surface area (TPSA) is 83.5 Å². The summed E-state index contributed by atoms with van der Waals surface area (Å²) in [7, 11) is -2.65. The van der Waals surface area contributed by atoms with E-state index in [1.165, 1.54) is 6.92 Å². The Morgan fingerprint density at radius 3 is 1.55 bits per heavy atom. The second-order valence-electron chi connectivity index (χ2n) is 3.38. The molecule has 0 aliphatic carbocycles. The second kappa shape index (κ2) is 5.72. The molecule has 0 aliphatic heterocycles. The van der Waals surface area contributed by atoms with Gasteiger partial charge in [-0.3, -0.25) is 4.57 Å². The summed E-state index contributed by atoms with van der Waals surface area (Å²) in [6.45, 7) is 7.17. The van der Waals surface area contributed by atoms with E-state index in [4.69, 9.17) is 15.7 Å². The summed E-state index contributed by atoms with van der Waals surface area (Å²) in [6, 6.07) is 0. The molecular formula is C6H18NO3P. The van der Waals surface area contributed by atoms with Crippen molar-refractivity contribution in [1.82, 2.24) is 0 Å². The largest absolute Gasteiger partial charge is 0.384 e. The van der Waals surface area contributed by atoms with Gasteiger partial charge in [-0.1, -0.05) is 0 Å². The van der Waals surface area contributed by atoms with E-state index in [1.807, 2.05) is 20.8 Å². The average Bonchev–Trinajstić information content (AvgIpc) is 1.59. The lowest BCUT2D eigenvalue weighted by Gasteiger charge is -2.06. The highest BCUT2D eigenvalue weighted by molar-refractivity contribution is 7.38. The monoisotopic (exact) mass is 183 g/mol. The minimum absolute atomic E-state index is 0. The van der Waals surface area contributed by atoms with Crippen LogP contribution in [0, 0.1) is 0 Å². The van der Waals surface area contributed by atoms with Crippen LogP contribution in [0.3, 0.4) is 0 Å². The Hall–Kier alpha value is 0.110. The van der Waals surface area contributed by atoms with Crippen molar-refractivity contribution < 1.29 is 14.6 Å². The van der Waals surface area contributed by atoms with Crippen molar-refractivity contribution in [3.63, 3.8) is 0 Å². The van der Waals surface area contributed by atoms with Crippen LogP contribution in [0.2, 0.25) is 0 Å². The van der Waals surface area contributed by atoms with Crippen LogP contribution in [0.25, 0.3) is 0 Å². The third-order valence-corrected chi connectivity index (χ3v) is 1.07. The maximum atomic E-state index is 9.63. The number of aliphatic hydroxyl groups is 1. The number of hydrogen-bond acceptors (Lipinski definition) is 3. The van der Waals surface area contributed by atoms with Crippen molar-refractivity contribution in [3.8, 4) is 0 Å². The fraction of sp³-hybridized carbons (Fsp3) is 1.00. The highest BCUT2D eigenvalue weighted by atomic mass is 31.1. The molecule has 0 heterocycles. The summed E-state index contributed by atoms with van der Waals surface area (Å²) in [4.78, 5) is 7.93. The highest BCUT2D eigenvalue weighted by Gasteiger charge is 1.97. The van der Waals surface area contributed by atoms with Crippen molar-refractivity contribution >= 4 is 8.03 Å². The van der Waals surface area contributed by atoms with Gasteiger partial charge in [-0.25, -0.2) is 0 Å². The van der Waals surface area contributed by atoms with E-state index >= 15 is 0 Å². The first-order valence-corrected chi connectivity index (χ1v) is 4.77. The number of hydrogen-bond donors (Lipinski definition) is 3. The van der Waals surface area contributed by atoms with E-state index in [0.29, 0.717) is 0 Å². The molecule has 0 saturated heterocycles. The van der Waals surface area contributed by atoms with E-state index in [9.17, 15) is 4.57 Å². The van der Waals surface area contributed by atoms with Crippen molar-refractivity contribution in [2.24, 2.45) is 5.73 Å². The Labute approximate surface area is 68.3 Å². The first-order valence-electron chi connectivity index (χ1n) is 3.34. The van der Waals surface area contributed by atoms with Crippen LogP contribution < -0.4 is 5.73 Å². The summed E-state index contributed by atoms with van der Waals surface area (Å²) in [5.41, 5.74) is 5.35. The predicted octanol–water partition coefficient (Wildman–Crippen LogP) is 0.535. The van der Waals surface area contributed by atoms with Gasteiger partial charge < -0.3 is 15.7 Å². The van der Waals surface area contributed by atoms with Crippen LogP contribution in [-0.4, -0.2) is 21.4 Å². The lowest BCUT2D eigenvalue weighted by atomic mass is 10.1. The Bertz CT molecular complexity index is 113. The van der Waals surface area contributed by atoms with E-state index in [1.54, 1.807) is 0 Å². The molecule has 11 heavy (non-hydrogen) atoms. The maximum Gasteiger partial charge on any atom is 0.216 e. The molecular weight excluding hydrogens is 165 g/mol. The van der Waals surface area contributed by atoms with Gasteiger partial charge >= 0.3 is 0 Å². The van der Waals surface area contributed by atoms with Crippen LogP contribution in [-0.2, 0) is 4.57 Å². The van der Waals surface area contributed by atoms with Gasteiger partial charge in [-0.15, -0.1) is 0 Å². The zero-order valence-corrected chi connectivity index (χ0v) is 8.46. The minimum atomic E-state index is -2.65. The molecule has 0 saturated carbocycles. The fourth-order valence-corrected chi connectivity index (χ4v) is 0. The third-order valence-electron chi connectivity index (χ3n) is 0.357. The first kappa shape index (κ1) is 13.7. The summed E-state index contributed by atoms with van der Waals surface area (Å²) < 4.78 is 9.63. The molecule has 0 aromatic rings. The summed E-state index contributed by atoms with van der Waals surface area (Å²) in [6.07, 6.45) is 0. The quantitative estimate of drug-likeness (QED) is 0.518. The smallest absolute Gasteiger partial charge is 0.216 e. The van der Waals surface area contributed by atoms with Gasteiger partial charge in [-0.2, -0.15) is 0 Å². The summed E-state index contributed by atoms with van der Waals surface area (Å²) in [5.74, 6) is -1.05. The second-order valence-corrected chi connectivity index (χ2v) is 4.89. The number of aliphatic hydroxyl groups excluding tert-OH is 1. The standard InChI is InChI=1S/C4H11N.C2H7O3P/c1-4(2,3)5;1-2(3)6(4)5/h5H2,1-3H3;2-3,6H,1H3,(H,4,5). The van der Waals surface area contributed by atoms with Crippen LogP contribution in [0.15, 0.2) is 0 Å². The number of rotatable bonds is 1. The summed E-state index contributed by atoms with van der Waals surface area (Å²) in [5, 5.41) is 8.11. The fourth-order valence-electron chi connectivity index (χ4n) is 0. The van der Waals surface area contributed by atoms with Gasteiger partial charge in [-0.05, 0) is 27.7 Å². The molecule has 0 amide bonds.